The van der Waals surface area contributed by atoms with Crippen molar-refractivity contribution in [3.63, 3.8) is 0 Å². The average Bonchev–Trinajstić information content (AvgIpc) is 2.71. The van der Waals surface area contributed by atoms with Gasteiger partial charge in [-0.05, 0) is 74.9 Å². The van der Waals surface area contributed by atoms with Gasteiger partial charge >= 0.3 is 0 Å². The number of ether oxygens (including phenoxy) is 1. The van der Waals surface area contributed by atoms with Crippen molar-refractivity contribution in [2.75, 3.05) is 11.9 Å². The third-order valence-corrected chi connectivity index (χ3v) is 5.35. The molecule has 1 atom stereocenters. The number of halogens is 1. The number of anilines is 1. The molecule has 0 bridgehead atoms. The van der Waals surface area contributed by atoms with Crippen LogP contribution in [0.4, 0.5) is 5.69 Å². The van der Waals surface area contributed by atoms with Crippen molar-refractivity contribution in [2.24, 2.45) is 0 Å². The van der Waals surface area contributed by atoms with Crippen molar-refractivity contribution in [2.45, 2.75) is 26.8 Å². The van der Waals surface area contributed by atoms with Crippen molar-refractivity contribution in [1.29, 1.82) is 0 Å². The maximum atomic E-state index is 12.7. The first-order valence-electron chi connectivity index (χ1n) is 9.29. The largest absolute Gasteiger partial charge is 0.494 e. The minimum Gasteiger partial charge on any atom is -0.494 e. The monoisotopic (exact) mass is 455 g/mol. The SMILES string of the molecule is CCOc1ccc(-c2ccc(=O)n(C(C)C(=O)Nc3ccc(Br)c(C)c3)n2)cc1. The smallest absolute Gasteiger partial charge is 0.267 e. The summed E-state index contributed by atoms with van der Waals surface area (Å²) in [4.78, 5) is 25.0. The molecule has 0 saturated heterocycles. The molecule has 1 heterocycles. The number of aromatic nitrogens is 2. The Morgan fingerprint density at radius 3 is 2.55 bits per heavy atom. The molecule has 3 rings (SSSR count). The van der Waals surface area contributed by atoms with Gasteiger partial charge in [-0.3, -0.25) is 9.59 Å². The van der Waals surface area contributed by atoms with Crippen LogP contribution in [0.3, 0.4) is 0 Å². The topological polar surface area (TPSA) is 73.2 Å². The Morgan fingerprint density at radius 1 is 1.17 bits per heavy atom. The van der Waals surface area contributed by atoms with Gasteiger partial charge in [0.15, 0.2) is 0 Å². The molecule has 0 radical (unpaired) electrons. The zero-order valence-electron chi connectivity index (χ0n) is 16.5. The summed E-state index contributed by atoms with van der Waals surface area (Å²) in [7, 11) is 0. The number of hydrogen-bond acceptors (Lipinski definition) is 4. The highest BCUT2D eigenvalue weighted by atomic mass is 79.9. The van der Waals surface area contributed by atoms with Crippen molar-refractivity contribution in [1.82, 2.24) is 9.78 Å². The lowest BCUT2D eigenvalue weighted by molar-refractivity contribution is -0.119. The summed E-state index contributed by atoms with van der Waals surface area (Å²) >= 11 is 3.44. The van der Waals surface area contributed by atoms with E-state index in [1.165, 1.54) is 10.7 Å². The number of carbonyl (C=O) groups excluding carboxylic acids is 1. The molecule has 7 heteroatoms. The first-order valence-corrected chi connectivity index (χ1v) is 10.1. The van der Waals surface area contributed by atoms with E-state index in [2.05, 4.69) is 26.3 Å². The van der Waals surface area contributed by atoms with Crippen LogP contribution < -0.4 is 15.6 Å². The van der Waals surface area contributed by atoms with Gasteiger partial charge in [-0.2, -0.15) is 5.10 Å². The Hall–Kier alpha value is -2.93. The molecule has 1 unspecified atom stereocenters. The Morgan fingerprint density at radius 2 is 1.90 bits per heavy atom. The molecule has 0 fully saturated rings. The lowest BCUT2D eigenvalue weighted by atomic mass is 10.1. The molecule has 0 spiro atoms. The number of nitrogens with zero attached hydrogens (tertiary/aromatic N) is 2. The van der Waals surface area contributed by atoms with Gasteiger partial charge in [0.2, 0.25) is 5.91 Å². The quantitative estimate of drug-likeness (QED) is 0.590. The summed E-state index contributed by atoms with van der Waals surface area (Å²) < 4.78 is 7.61. The van der Waals surface area contributed by atoms with Gasteiger partial charge < -0.3 is 10.1 Å². The third kappa shape index (κ3) is 4.92. The number of aryl methyl sites for hydroxylation is 1. The van der Waals surface area contributed by atoms with E-state index in [4.69, 9.17) is 4.74 Å². The maximum Gasteiger partial charge on any atom is 0.267 e. The van der Waals surface area contributed by atoms with Crippen LogP contribution in [0.5, 0.6) is 5.75 Å². The number of rotatable bonds is 6. The molecule has 29 heavy (non-hydrogen) atoms. The van der Waals surface area contributed by atoms with Crippen molar-refractivity contribution in [3.8, 4) is 17.0 Å². The summed E-state index contributed by atoms with van der Waals surface area (Å²) in [6, 6.07) is 15.3. The van der Waals surface area contributed by atoms with Crippen LogP contribution in [0.2, 0.25) is 0 Å². The number of carbonyl (C=O) groups is 1. The first-order chi connectivity index (χ1) is 13.9. The van der Waals surface area contributed by atoms with Gasteiger partial charge in [0.25, 0.3) is 5.56 Å². The molecule has 0 aliphatic carbocycles. The molecule has 1 aromatic heterocycles. The van der Waals surface area contributed by atoms with E-state index in [-0.39, 0.29) is 11.5 Å². The molecule has 6 nitrogen and oxygen atoms in total. The molecule has 150 valence electrons. The molecule has 0 aliphatic heterocycles. The van der Waals surface area contributed by atoms with E-state index in [1.54, 1.807) is 19.1 Å². The summed E-state index contributed by atoms with van der Waals surface area (Å²) in [6.07, 6.45) is 0. The summed E-state index contributed by atoms with van der Waals surface area (Å²) in [5.74, 6) is 0.451. The fraction of sp³-hybridized carbons (Fsp3) is 0.227. The molecule has 3 aromatic rings. The van der Waals surface area contributed by atoms with Crippen LogP contribution >= 0.6 is 15.9 Å². The predicted molar refractivity (Wildman–Crippen MR) is 117 cm³/mol. The van der Waals surface area contributed by atoms with Crippen LogP contribution in [0, 0.1) is 6.92 Å². The molecule has 1 N–H and O–H groups in total. The molecular weight excluding hydrogens is 434 g/mol. The second-order valence-corrected chi connectivity index (χ2v) is 7.44. The zero-order chi connectivity index (χ0) is 21.0. The number of benzene rings is 2. The van der Waals surface area contributed by atoms with Gasteiger partial charge in [0, 0.05) is 21.8 Å². The molecule has 0 saturated carbocycles. The number of nitrogens with one attached hydrogen (secondary N) is 1. The lowest BCUT2D eigenvalue weighted by Crippen LogP contribution is -2.33. The van der Waals surface area contributed by atoms with Crippen LogP contribution in [0.1, 0.15) is 25.5 Å². The highest BCUT2D eigenvalue weighted by Gasteiger charge is 2.18. The van der Waals surface area contributed by atoms with Gasteiger partial charge in [-0.25, -0.2) is 4.68 Å². The minimum absolute atomic E-state index is 0.315. The summed E-state index contributed by atoms with van der Waals surface area (Å²) in [5, 5.41) is 7.25. The van der Waals surface area contributed by atoms with Crippen LogP contribution in [-0.2, 0) is 4.79 Å². The molecule has 1 amide bonds. The summed E-state index contributed by atoms with van der Waals surface area (Å²) in [6.45, 7) is 6.10. The second-order valence-electron chi connectivity index (χ2n) is 6.59. The minimum atomic E-state index is -0.769. The Bertz CT molecular complexity index is 1080. The highest BCUT2D eigenvalue weighted by molar-refractivity contribution is 9.10. The molecule has 0 aliphatic rings. The van der Waals surface area contributed by atoms with E-state index < -0.39 is 6.04 Å². The molecule has 2 aromatic carbocycles. The average molecular weight is 456 g/mol. The number of amides is 1. The Kier molecular flexibility index (Phi) is 6.49. The first kappa shape index (κ1) is 20.8. The normalized spacial score (nSPS) is 11.7. The van der Waals surface area contributed by atoms with E-state index in [0.29, 0.717) is 18.0 Å². The highest BCUT2D eigenvalue weighted by Crippen LogP contribution is 2.22. The van der Waals surface area contributed by atoms with Crippen LogP contribution in [-0.4, -0.2) is 22.3 Å². The van der Waals surface area contributed by atoms with Crippen molar-refractivity contribution < 1.29 is 9.53 Å². The van der Waals surface area contributed by atoms with Crippen LogP contribution in [0.15, 0.2) is 63.9 Å². The zero-order valence-corrected chi connectivity index (χ0v) is 18.1. The number of hydrogen-bond donors (Lipinski definition) is 1. The third-order valence-electron chi connectivity index (χ3n) is 4.46. The Labute approximate surface area is 177 Å². The standard InChI is InChI=1S/C22H22BrN3O3/c1-4-29-18-8-5-16(6-9-18)20-11-12-21(27)26(25-20)15(3)22(28)24-17-7-10-19(23)14(2)13-17/h5-13,15H,4H2,1-3H3,(H,24,28). The lowest BCUT2D eigenvalue weighted by Gasteiger charge is -2.15. The predicted octanol–water partition coefficient (Wildman–Crippen LogP) is 4.58. The molecular formula is C22H22BrN3O3. The fourth-order valence-electron chi connectivity index (χ4n) is 2.83. The van der Waals surface area contributed by atoms with Gasteiger partial charge in [0.1, 0.15) is 11.8 Å². The van der Waals surface area contributed by atoms with Gasteiger partial charge in [-0.15, -0.1) is 0 Å². The van der Waals surface area contributed by atoms with E-state index >= 15 is 0 Å². The maximum absolute atomic E-state index is 12.7. The second kappa shape index (κ2) is 9.05. The van der Waals surface area contributed by atoms with Gasteiger partial charge in [0.05, 0.1) is 12.3 Å². The van der Waals surface area contributed by atoms with Crippen molar-refractivity contribution >= 4 is 27.5 Å². The van der Waals surface area contributed by atoms with Gasteiger partial charge in [-0.1, -0.05) is 15.9 Å². The fourth-order valence-corrected chi connectivity index (χ4v) is 3.07. The van der Waals surface area contributed by atoms with E-state index in [1.807, 2.05) is 50.2 Å². The van der Waals surface area contributed by atoms with E-state index in [9.17, 15) is 9.59 Å². The van der Waals surface area contributed by atoms with Crippen LogP contribution in [0.25, 0.3) is 11.3 Å². The van der Waals surface area contributed by atoms with E-state index in [0.717, 1.165) is 21.3 Å². The summed E-state index contributed by atoms with van der Waals surface area (Å²) in [5.41, 5.74) is 2.76. The Balaban J connectivity index is 1.83. The van der Waals surface area contributed by atoms with Crippen molar-refractivity contribution in [3.05, 3.63) is 75.0 Å².